The summed E-state index contributed by atoms with van der Waals surface area (Å²) in [6.07, 6.45) is 0. The van der Waals surface area contributed by atoms with E-state index < -0.39 is 0 Å². The lowest BCUT2D eigenvalue weighted by Crippen LogP contribution is -2.10. The Morgan fingerprint density at radius 3 is 2.20 bits per heavy atom. The zero-order chi connectivity index (χ0) is 17.5. The SMILES string of the molecule is CCOc1cccc(-c2ccccc2)c1C(=O)OCc1ccccc1. The van der Waals surface area contributed by atoms with Gasteiger partial charge in [0.15, 0.2) is 0 Å². The average molecular weight is 332 g/mol. The quantitative estimate of drug-likeness (QED) is 0.589. The van der Waals surface area contributed by atoms with Crippen molar-refractivity contribution in [3.05, 3.63) is 90.0 Å². The van der Waals surface area contributed by atoms with Gasteiger partial charge in [0.1, 0.15) is 17.9 Å². The van der Waals surface area contributed by atoms with Gasteiger partial charge >= 0.3 is 5.97 Å². The second-order valence-electron chi connectivity index (χ2n) is 5.54. The van der Waals surface area contributed by atoms with Crippen molar-refractivity contribution in [2.24, 2.45) is 0 Å². The van der Waals surface area contributed by atoms with Gasteiger partial charge in [0.05, 0.1) is 6.61 Å². The van der Waals surface area contributed by atoms with Gasteiger partial charge in [-0.05, 0) is 29.7 Å². The predicted octanol–water partition coefficient (Wildman–Crippen LogP) is 5.11. The highest BCUT2D eigenvalue weighted by Crippen LogP contribution is 2.31. The fraction of sp³-hybridized carbons (Fsp3) is 0.136. The van der Waals surface area contributed by atoms with Gasteiger partial charge in [-0.15, -0.1) is 0 Å². The molecule has 3 heteroatoms. The van der Waals surface area contributed by atoms with Crippen LogP contribution >= 0.6 is 0 Å². The molecular weight excluding hydrogens is 312 g/mol. The summed E-state index contributed by atoms with van der Waals surface area (Å²) < 4.78 is 11.2. The second kappa shape index (κ2) is 8.15. The molecule has 3 rings (SSSR count). The molecule has 126 valence electrons. The lowest BCUT2D eigenvalue weighted by atomic mass is 9.99. The average Bonchev–Trinajstić information content (AvgIpc) is 2.68. The molecule has 0 amide bonds. The van der Waals surface area contributed by atoms with E-state index in [1.165, 1.54) is 0 Å². The van der Waals surface area contributed by atoms with Crippen molar-refractivity contribution >= 4 is 5.97 Å². The Morgan fingerprint density at radius 2 is 1.52 bits per heavy atom. The highest BCUT2D eigenvalue weighted by Gasteiger charge is 2.20. The molecule has 25 heavy (non-hydrogen) atoms. The Kier molecular flexibility index (Phi) is 5.47. The summed E-state index contributed by atoms with van der Waals surface area (Å²) in [6, 6.07) is 25.0. The van der Waals surface area contributed by atoms with E-state index in [1.807, 2.05) is 79.7 Å². The maximum Gasteiger partial charge on any atom is 0.342 e. The third kappa shape index (κ3) is 4.07. The van der Waals surface area contributed by atoms with E-state index >= 15 is 0 Å². The van der Waals surface area contributed by atoms with Crippen LogP contribution in [0.4, 0.5) is 0 Å². The highest BCUT2D eigenvalue weighted by atomic mass is 16.5. The summed E-state index contributed by atoms with van der Waals surface area (Å²) in [6.45, 7) is 2.61. The topological polar surface area (TPSA) is 35.5 Å². The fourth-order valence-electron chi connectivity index (χ4n) is 2.67. The number of carbonyl (C=O) groups is 1. The van der Waals surface area contributed by atoms with Gasteiger partial charge in [-0.3, -0.25) is 0 Å². The van der Waals surface area contributed by atoms with Gasteiger partial charge in [-0.2, -0.15) is 0 Å². The number of rotatable bonds is 6. The molecular formula is C22H20O3. The van der Waals surface area contributed by atoms with Crippen LogP contribution in [0.1, 0.15) is 22.8 Å². The molecule has 0 heterocycles. The first kappa shape index (κ1) is 16.8. The zero-order valence-electron chi connectivity index (χ0n) is 14.1. The van der Waals surface area contributed by atoms with Crippen LogP contribution in [0.3, 0.4) is 0 Å². The Balaban J connectivity index is 1.93. The van der Waals surface area contributed by atoms with Gasteiger partial charge in [0, 0.05) is 0 Å². The molecule has 0 fully saturated rings. The summed E-state index contributed by atoms with van der Waals surface area (Å²) in [5.41, 5.74) is 3.18. The number of hydrogen-bond acceptors (Lipinski definition) is 3. The summed E-state index contributed by atoms with van der Waals surface area (Å²) in [5, 5.41) is 0. The third-order valence-electron chi connectivity index (χ3n) is 3.83. The number of esters is 1. The molecule has 0 atom stereocenters. The Hall–Kier alpha value is -3.07. The van der Waals surface area contributed by atoms with E-state index in [-0.39, 0.29) is 12.6 Å². The standard InChI is InChI=1S/C22H20O3/c1-2-24-20-15-9-14-19(18-12-7-4-8-13-18)21(20)22(23)25-16-17-10-5-3-6-11-17/h3-15H,2,16H2,1H3. The van der Waals surface area contributed by atoms with Crippen LogP contribution in [0.2, 0.25) is 0 Å². The van der Waals surface area contributed by atoms with Crippen LogP contribution in [-0.2, 0) is 11.3 Å². The third-order valence-corrected chi connectivity index (χ3v) is 3.83. The minimum Gasteiger partial charge on any atom is -0.493 e. The molecule has 0 unspecified atom stereocenters. The lowest BCUT2D eigenvalue weighted by molar-refractivity contribution is 0.0469. The Labute approximate surface area is 147 Å². The van der Waals surface area contributed by atoms with Crippen molar-refractivity contribution in [1.29, 1.82) is 0 Å². The van der Waals surface area contributed by atoms with Crippen LogP contribution in [0.25, 0.3) is 11.1 Å². The van der Waals surface area contributed by atoms with Gasteiger partial charge in [-0.1, -0.05) is 72.8 Å². The van der Waals surface area contributed by atoms with E-state index in [0.717, 1.165) is 16.7 Å². The van der Waals surface area contributed by atoms with E-state index in [9.17, 15) is 4.79 Å². The number of hydrogen-bond donors (Lipinski definition) is 0. The maximum atomic E-state index is 12.8. The smallest absolute Gasteiger partial charge is 0.342 e. The molecule has 0 aliphatic carbocycles. The molecule has 3 aromatic carbocycles. The fourth-order valence-corrected chi connectivity index (χ4v) is 2.67. The molecule has 0 saturated heterocycles. The van der Waals surface area contributed by atoms with Gasteiger partial charge in [0.2, 0.25) is 0 Å². The first-order valence-corrected chi connectivity index (χ1v) is 8.32. The first-order chi connectivity index (χ1) is 12.3. The van der Waals surface area contributed by atoms with Crippen molar-refractivity contribution in [3.63, 3.8) is 0 Å². The van der Waals surface area contributed by atoms with E-state index in [4.69, 9.17) is 9.47 Å². The number of ether oxygens (including phenoxy) is 2. The molecule has 0 bridgehead atoms. The molecule has 0 spiro atoms. The zero-order valence-corrected chi connectivity index (χ0v) is 14.1. The van der Waals surface area contributed by atoms with E-state index in [2.05, 4.69) is 0 Å². The molecule has 3 aromatic rings. The molecule has 0 aromatic heterocycles. The van der Waals surface area contributed by atoms with Gasteiger partial charge < -0.3 is 9.47 Å². The second-order valence-corrected chi connectivity index (χ2v) is 5.54. The van der Waals surface area contributed by atoms with Crippen molar-refractivity contribution in [3.8, 4) is 16.9 Å². The van der Waals surface area contributed by atoms with E-state index in [1.54, 1.807) is 6.07 Å². The molecule has 0 aliphatic rings. The number of carbonyl (C=O) groups excluding carboxylic acids is 1. The summed E-state index contributed by atoms with van der Waals surface area (Å²) in [7, 11) is 0. The minimum absolute atomic E-state index is 0.231. The van der Waals surface area contributed by atoms with Crippen LogP contribution in [-0.4, -0.2) is 12.6 Å². The summed E-state index contributed by atoms with van der Waals surface area (Å²) in [5.74, 6) is 0.161. The van der Waals surface area contributed by atoms with Gasteiger partial charge in [0.25, 0.3) is 0 Å². The highest BCUT2D eigenvalue weighted by molar-refractivity contribution is 6.00. The summed E-state index contributed by atoms with van der Waals surface area (Å²) >= 11 is 0. The van der Waals surface area contributed by atoms with Crippen molar-refractivity contribution in [2.45, 2.75) is 13.5 Å². The van der Waals surface area contributed by atoms with Crippen LogP contribution < -0.4 is 4.74 Å². The monoisotopic (exact) mass is 332 g/mol. The van der Waals surface area contributed by atoms with Crippen molar-refractivity contribution < 1.29 is 14.3 Å². The van der Waals surface area contributed by atoms with Crippen LogP contribution in [0.15, 0.2) is 78.9 Å². The van der Waals surface area contributed by atoms with Gasteiger partial charge in [-0.25, -0.2) is 4.79 Å². The van der Waals surface area contributed by atoms with Crippen molar-refractivity contribution in [1.82, 2.24) is 0 Å². The Morgan fingerprint density at radius 1 is 0.840 bits per heavy atom. The van der Waals surface area contributed by atoms with E-state index in [0.29, 0.717) is 17.9 Å². The van der Waals surface area contributed by atoms with Crippen LogP contribution in [0, 0.1) is 0 Å². The minimum atomic E-state index is -0.383. The molecule has 3 nitrogen and oxygen atoms in total. The van der Waals surface area contributed by atoms with Crippen LogP contribution in [0.5, 0.6) is 5.75 Å². The molecule has 0 N–H and O–H groups in total. The molecule has 0 aliphatic heterocycles. The Bertz CT molecular complexity index is 826. The molecule has 0 radical (unpaired) electrons. The number of benzene rings is 3. The normalized spacial score (nSPS) is 10.3. The maximum absolute atomic E-state index is 12.8. The molecule has 0 saturated carbocycles. The van der Waals surface area contributed by atoms with Crippen molar-refractivity contribution in [2.75, 3.05) is 6.61 Å². The first-order valence-electron chi connectivity index (χ1n) is 8.32. The lowest BCUT2D eigenvalue weighted by Gasteiger charge is -2.14. The summed E-state index contributed by atoms with van der Waals surface area (Å²) in [4.78, 5) is 12.8. The largest absolute Gasteiger partial charge is 0.493 e. The predicted molar refractivity (Wildman–Crippen MR) is 98.6 cm³/mol.